The molecule has 1 saturated heterocycles. The number of hydrogen-bond donors (Lipinski definition) is 0. The standard InChI is InChI=1S/C22H37BN2O2Si/c1-15(2)28(16(3)4,17(5)6)25-12-11-18-13-19(14-24-20(18)25)23-26-21(7,8)22(9,10)27-23/h11-17H,1-10H3. The van der Waals surface area contributed by atoms with Gasteiger partial charge in [-0.15, -0.1) is 0 Å². The van der Waals surface area contributed by atoms with E-state index in [9.17, 15) is 0 Å². The predicted molar refractivity (Wildman–Crippen MR) is 122 cm³/mol. The maximum Gasteiger partial charge on any atom is 0.496 e. The summed E-state index contributed by atoms with van der Waals surface area (Å²) < 4.78 is 15.0. The van der Waals surface area contributed by atoms with Crippen molar-refractivity contribution >= 4 is 31.9 Å². The molecule has 0 N–H and O–H groups in total. The minimum Gasteiger partial charge on any atom is -0.399 e. The molecule has 6 heteroatoms. The maximum atomic E-state index is 6.23. The number of hydrogen-bond acceptors (Lipinski definition) is 3. The average molecular weight is 400 g/mol. The van der Waals surface area contributed by atoms with Crippen LogP contribution in [0.4, 0.5) is 0 Å². The van der Waals surface area contributed by atoms with E-state index in [0.717, 1.165) is 11.1 Å². The van der Waals surface area contributed by atoms with Crippen LogP contribution in [0.5, 0.6) is 0 Å². The third-order valence-electron chi connectivity index (χ3n) is 7.26. The van der Waals surface area contributed by atoms with E-state index < -0.39 is 8.24 Å². The van der Waals surface area contributed by atoms with Gasteiger partial charge in [0.05, 0.1) is 11.2 Å². The van der Waals surface area contributed by atoms with Crippen molar-refractivity contribution in [3.05, 3.63) is 24.5 Å². The molecule has 3 rings (SSSR count). The summed E-state index contributed by atoms with van der Waals surface area (Å²) in [6.07, 6.45) is 4.22. The Labute approximate surface area is 172 Å². The van der Waals surface area contributed by atoms with Gasteiger partial charge in [-0.1, -0.05) is 41.5 Å². The highest BCUT2D eigenvalue weighted by Crippen LogP contribution is 2.44. The van der Waals surface area contributed by atoms with Crippen molar-refractivity contribution in [1.29, 1.82) is 0 Å². The van der Waals surface area contributed by atoms with Gasteiger partial charge in [-0.05, 0) is 62.6 Å². The molecule has 0 bridgehead atoms. The van der Waals surface area contributed by atoms with Crippen molar-refractivity contribution in [3.63, 3.8) is 0 Å². The van der Waals surface area contributed by atoms with Crippen LogP contribution in [0.1, 0.15) is 69.2 Å². The van der Waals surface area contributed by atoms with Gasteiger partial charge >= 0.3 is 7.12 Å². The lowest BCUT2D eigenvalue weighted by molar-refractivity contribution is 0.00578. The second kappa shape index (κ2) is 6.99. The summed E-state index contributed by atoms with van der Waals surface area (Å²) in [5, 5.41) is 1.17. The first-order chi connectivity index (χ1) is 12.8. The van der Waals surface area contributed by atoms with Crippen LogP contribution in [-0.2, 0) is 9.31 Å². The molecule has 0 aromatic carbocycles. The zero-order chi connectivity index (χ0) is 21.1. The number of pyridine rings is 1. The van der Waals surface area contributed by atoms with Gasteiger partial charge in [-0.3, -0.25) is 0 Å². The lowest BCUT2D eigenvalue weighted by Gasteiger charge is -2.44. The minimum atomic E-state index is -1.82. The highest BCUT2D eigenvalue weighted by atomic mass is 28.3. The molecular weight excluding hydrogens is 363 g/mol. The van der Waals surface area contributed by atoms with Crippen molar-refractivity contribution in [3.8, 4) is 0 Å². The van der Waals surface area contributed by atoms with E-state index in [1.54, 1.807) is 0 Å². The summed E-state index contributed by atoms with van der Waals surface area (Å²) in [7, 11) is -2.19. The van der Waals surface area contributed by atoms with Crippen LogP contribution in [-0.4, -0.2) is 35.8 Å². The number of nitrogens with zero attached hydrogens (tertiary/aromatic N) is 2. The molecular formula is C22H37BN2O2Si. The molecule has 0 amide bonds. The fourth-order valence-electron chi connectivity index (χ4n) is 5.30. The smallest absolute Gasteiger partial charge is 0.399 e. The first-order valence-electron chi connectivity index (χ1n) is 10.7. The quantitative estimate of drug-likeness (QED) is 0.634. The first-order valence-corrected chi connectivity index (χ1v) is 12.9. The second-order valence-electron chi connectivity index (χ2n) is 10.3. The Balaban J connectivity index is 2.07. The molecule has 0 saturated carbocycles. The molecule has 0 aliphatic carbocycles. The fourth-order valence-corrected chi connectivity index (χ4v) is 11.9. The largest absolute Gasteiger partial charge is 0.496 e. The molecule has 3 heterocycles. The maximum absolute atomic E-state index is 6.23. The summed E-state index contributed by atoms with van der Waals surface area (Å²) in [6.45, 7) is 22.7. The first kappa shape index (κ1) is 21.6. The van der Waals surface area contributed by atoms with Crippen LogP contribution >= 0.6 is 0 Å². The molecule has 0 atom stereocenters. The van der Waals surface area contributed by atoms with E-state index in [2.05, 4.69) is 91.8 Å². The molecule has 0 spiro atoms. The van der Waals surface area contributed by atoms with Gasteiger partial charge in [0.2, 0.25) is 0 Å². The Kier molecular flexibility index (Phi) is 5.39. The van der Waals surface area contributed by atoms with E-state index in [-0.39, 0.29) is 18.3 Å². The predicted octanol–water partition coefficient (Wildman–Crippen LogP) is 5.36. The third kappa shape index (κ3) is 3.08. The van der Waals surface area contributed by atoms with E-state index in [0.29, 0.717) is 16.6 Å². The molecule has 2 aromatic heterocycles. The highest BCUT2D eigenvalue weighted by Gasteiger charge is 2.52. The topological polar surface area (TPSA) is 36.3 Å². The van der Waals surface area contributed by atoms with E-state index in [1.165, 1.54) is 5.39 Å². The van der Waals surface area contributed by atoms with Gasteiger partial charge in [0, 0.05) is 17.0 Å². The van der Waals surface area contributed by atoms with Crippen molar-refractivity contribution in [2.24, 2.45) is 0 Å². The van der Waals surface area contributed by atoms with Crippen LogP contribution < -0.4 is 5.46 Å². The molecule has 28 heavy (non-hydrogen) atoms. The SMILES string of the molecule is CC(C)[Si](C(C)C)(C(C)C)n1ccc2cc(B3OC(C)(C)C(C)(C)O3)cnc21. The molecule has 1 aliphatic rings. The summed E-state index contributed by atoms with van der Waals surface area (Å²) in [6, 6.07) is 4.41. The Hall–Kier alpha value is -1.11. The van der Waals surface area contributed by atoms with Gasteiger partial charge in [-0.2, -0.15) is 0 Å². The van der Waals surface area contributed by atoms with Crippen molar-refractivity contribution < 1.29 is 9.31 Å². The number of rotatable bonds is 5. The van der Waals surface area contributed by atoms with E-state index in [4.69, 9.17) is 14.3 Å². The summed E-state index contributed by atoms with van der Waals surface area (Å²) in [4.78, 5) is 4.93. The molecule has 0 radical (unpaired) electrons. The summed E-state index contributed by atoms with van der Waals surface area (Å²) in [5.41, 5.74) is 3.31. The molecule has 4 nitrogen and oxygen atoms in total. The molecule has 2 aromatic rings. The molecule has 0 unspecified atom stereocenters. The van der Waals surface area contributed by atoms with Gasteiger partial charge < -0.3 is 13.5 Å². The van der Waals surface area contributed by atoms with Gasteiger partial charge in [0.25, 0.3) is 0 Å². The van der Waals surface area contributed by atoms with Crippen LogP contribution in [0.25, 0.3) is 11.0 Å². The Bertz CT molecular complexity index is 820. The number of aromatic nitrogens is 2. The lowest BCUT2D eigenvalue weighted by atomic mass is 9.80. The van der Waals surface area contributed by atoms with Crippen molar-refractivity contribution in [1.82, 2.24) is 9.22 Å². The monoisotopic (exact) mass is 400 g/mol. The molecule has 1 aliphatic heterocycles. The second-order valence-corrected chi connectivity index (χ2v) is 16.0. The third-order valence-corrected chi connectivity index (χ3v) is 14.0. The van der Waals surface area contributed by atoms with Crippen LogP contribution in [0.15, 0.2) is 24.5 Å². The van der Waals surface area contributed by atoms with Crippen LogP contribution in [0.2, 0.25) is 16.6 Å². The van der Waals surface area contributed by atoms with Crippen LogP contribution in [0.3, 0.4) is 0 Å². The van der Waals surface area contributed by atoms with Crippen LogP contribution in [0, 0.1) is 0 Å². The Morgan fingerprint density at radius 2 is 1.43 bits per heavy atom. The minimum absolute atomic E-state index is 0.340. The molecule has 1 fully saturated rings. The summed E-state index contributed by atoms with van der Waals surface area (Å²) in [5.74, 6) is 0. The zero-order valence-electron chi connectivity index (χ0n) is 19.3. The summed E-state index contributed by atoms with van der Waals surface area (Å²) >= 11 is 0. The van der Waals surface area contributed by atoms with Crippen molar-refractivity contribution in [2.75, 3.05) is 0 Å². The number of fused-ring (bicyclic) bond motifs is 1. The Morgan fingerprint density at radius 1 is 0.929 bits per heavy atom. The molecule has 154 valence electrons. The fraction of sp³-hybridized carbons (Fsp3) is 0.682. The zero-order valence-corrected chi connectivity index (χ0v) is 20.3. The van der Waals surface area contributed by atoms with Gasteiger partial charge in [0.15, 0.2) is 8.24 Å². The van der Waals surface area contributed by atoms with E-state index in [1.807, 2.05) is 6.20 Å². The highest BCUT2D eigenvalue weighted by molar-refractivity contribution is 6.82. The van der Waals surface area contributed by atoms with Gasteiger partial charge in [0.1, 0.15) is 5.65 Å². The van der Waals surface area contributed by atoms with Gasteiger partial charge in [-0.25, -0.2) is 4.98 Å². The normalized spacial score (nSPS) is 19.5. The van der Waals surface area contributed by atoms with E-state index >= 15 is 0 Å². The lowest BCUT2D eigenvalue weighted by Crippen LogP contribution is -2.51. The van der Waals surface area contributed by atoms with Crippen molar-refractivity contribution in [2.45, 2.75) is 97.1 Å². The average Bonchev–Trinajstić information content (AvgIpc) is 3.05. The Morgan fingerprint density at radius 3 is 1.89 bits per heavy atom.